The molecule has 8 nitrogen and oxygen atoms in total. The van der Waals surface area contributed by atoms with Gasteiger partial charge in [-0.1, -0.05) is 0 Å². The lowest BCUT2D eigenvalue weighted by Crippen LogP contribution is -2.29. The molecule has 11 heteroatoms. The predicted molar refractivity (Wildman–Crippen MR) is 90.7 cm³/mol. The van der Waals surface area contributed by atoms with Crippen LogP contribution in [0.1, 0.15) is 29.4 Å². The van der Waals surface area contributed by atoms with Gasteiger partial charge in [0.05, 0.1) is 24.2 Å². The van der Waals surface area contributed by atoms with Crippen molar-refractivity contribution < 1.29 is 30.7 Å². The van der Waals surface area contributed by atoms with E-state index in [1.807, 2.05) is 18.4 Å². The van der Waals surface area contributed by atoms with Gasteiger partial charge < -0.3 is 10.1 Å². The predicted octanol–water partition coefficient (Wildman–Crippen LogP) is 0.832. The van der Waals surface area contributed by atoms with E-state index in [9.17, 15) is 16.8 Å². The Balaban J connectivity index is 0.000000187. The van der Waals surface area contributed by atoms with Gasteiger partial charge in [0, 0.05) is 16.8 Å². The lowest BCUT2D eigenvalue weighted by atomic mass is 9.96. The minimum absolute atomic E-state index is 0.285. The lowest BCUT2D eigenvalue weighted by molar-refractivity contribution is 0.0248. The third-order valence-corrected chi connectivity index (χ3v) is 6.80. The number of rotatable bonds is 5. The normalized spacial score (nSPS) is 21.7. The SMILES string of the molecule is CNC[C@@H]1OCC2(CC2)c2sccc21.O=S(=O)(O)CCS(=O)(=O)O. The van der Waals surface area contributed by atoms with Crippen molar-refractivity contribution in [2.24, 2.45) is 0 Å². The first kappa shape index (κ1) is 19.8. The summed E-state index contributed by atoms with van der Waals surface area (Å²) in [6.45, 7) is 1.87. The van der Waals surface area contributed by atoms with Crippen LogP contribution in [0.3, 0.4) is 0 Å². The topological polar surface area (TPSA) is 130 Å². The third kappa shape index (κ3) is 5.48. The van der Waals surface area contributed by atoms with E-state index in [0.29, 0.717) is 5.41 Å². The second kappa shape index (κ2) is 7.36. The Morgan fingerprint density at radius 3 is 2.29 bits per heavy atom. The minimum atomic E-state index is -4.30. The average molecular weight is 400 g/mol. The van der Waals surface area contributed by atoms with Crippen LogP contribution in [-0.4, -0.2) is 57.6 Å². The van der Waals surface area contributed by atoms with Crippen LogP contribution in [0.15, 0.2) is 11.4 Å². The van der Waals surface area contributed by atoms with Crippen molar-refractivity contribution in [2.75, 3.05) is 31.7 Å². The molecular weight excluding hydrogens is 378 g/mol. The summed E-state index contributed by atoms with van der Waals surface area (Å²) in [6.07, 6.45) is 2.94. The molecule has 2 aliphatic rings. The molecule has 1 aliphatic carbocycles. The Bertz CT molecular complexity index is 733. The van der Waals surface area contributed by atoms with E-state index >= 15 is 0 Å². The summed E-state index contributed by atoms with van der Waals surface area (Å²) in [7, 11) is -6.61. The van der Waals surface area contributed by atoms with Gasteiger partial charge in [-0.25, -0.2) is 0 Å². The smallest absolute Gasteiger partial charge is 0.265 e. The first-order chi connectivity index (χ1) is 11.1. The average Bonchev–Trinajstić information content (AvgIpc) is 3.04. The molecule has 1 fully saturated rings. The molecule has 1 aliphatic heterocycles. The minimum Gasteiger partial charge on any atom is -0.371 e. The van der Waals surface area contributed by atoms with Gasteiger partial charge in [-0.05, 0) is 36.9 Å². The van der Waals surface area contributed by atoms with Gasteiger partial charge >= 0.3 is 0 Å². The van der Waals surface area contributed by atoms with E-state index in [2.05, 4.69) is 16.8 Å². The molecule has 3 rings (SSSR count). The van der Waals surface area contributed by atoms with E-state index < -0.39 is 31.7 Å². The molecule has 0 saturated heterocycles. The number of likely N-dealkylation sites (N-methyl/N-ethyl adjacent to an activating group) is 1. The third-order valence-electron chi connectivity index (χ3n) is 3.93. The fourth-order valence-electron chi connectivity index (χ4n) is 2.51. The molecule has 0 radical (unpaired) electrons. The highest BCUT2D eigenvalue weighted by molar-refractivity contribution is 7.89. The summed E-state index contributed by atoms with van der Waals surface area (Å²) in [5.74, 6) is -1.96. The highest BCUT2D eigenvalue weighted by Gasteiger charge is 2.50. The molecule has 0 bridgehead atoms. The summed E-state index contributed by atoms with van der Waals surface area (Å²) in [6, 6.07) is 2.24. The van der Waals surface area contributed by atoms with Gasteiger partial charge in [0.25, 0.3) is 20.2 Å². The van der Waals surface area contributed by atoms with Crippen LogP contribution < -0.4 is 5.32 Å². The number of fused-ring (bicyclic) bond motifs is 2. The molecule has 138 valence electrons. The molecule has 24 heavy (non-hydrogen) atoms. The van der Waals surface area contributed by atoms with Crippen LogP contribution in [0.5, 0.6) is 0 Å². The highest BCUT2D eigenvalue weighted by Crippen LogP contribution is 2.55. The van der Waals surface area contributed by atoms with Crippen molar-refractivity contribution in [1.82, 2.24) is 5.32 Å². The molecule has 3 N–H and O–H groups in total. The Morgan fingerprint density at radius 1 is 1.25 bits per heavy atom. The van der Waals surface area contributed by atoms with Crippen molar-refractivity contribution in [3.63, 3.8) is 0 Å². The molecule has 1 atom stereocenters. The Kier molecular flexibility index (Phi) is 6.06. The van der Waals surface area contributed by atoms with Gasteiger partial charge in [-0.15, -0.1) is 11.3 Å². The zero-order valence-electron chi connectivity index (χ0n) is 13.1. The van der Waals surface area contributed by atoms with E-state index in [1.54, 1.807) is 4.88 Å². The van der Waals surface area contributed by atoms with Gasteiger partial charge in [0.2, 0.25) is 0 Å². The summed E-state index contributed by atoms with van der Waals surface area (Å²) in [4.78, 5) is 1.60. The van der Waals surface area contributed by atoms with Crippen molar-refractivity contribution in [3.8, 4) is 0 Å². The maximum absolute atomic E-state index is 9.86. The molecule has 0 unspecified atom stereocenters. The summed E-state index contributed by atoms with van der Waals surface area (Å²) in [5.41, 5.74) is 1.88. The largest absolute Gasteiger partial charge is 0.371 e. The van der Waals surface area contributed by atoms with Crippen LogP contribution in [-0.2, 0) is 30.4 Å². The second-order valence-corrected chi connectivity index (χ2v) is 9.98. The molecule has 1 aromatic heterocycles. The van der Waals surface area contributed by atoms with E-state index in [0.717, 1.165) is 13.2 Å². The van der Waals surface area contributed by atoms with E-state index in [1.165, 1.54) is 18.4 Å². The summed E-state index contributed by atoms with van der Waals surface area (Å²) >= 11 is 1.92. The fraction of sp³-hybridized carbons (Fsp3) is 0.692. The zero-order chi connectivity index (χ0) is 18.0. The molecule has 0 aromatic carbocycles. The van der Waals surface area contributed by atoms with Crippen LogP contribution >= 0.6 is 11.3 Å². The van der Waals surface area contributed by atoms with Crippen molar-refractivity contribution in [2.45, 2.75) is 24.4 Å². The number of nitrogens with one attached hydrogen (secondary N) is 1. The van der Waals surface area contributed by atoms with E-state index in [-0.39, 0.29) is 6.10 Å². The standard InChI is InChI=1S/C11H15NOS.C2H6O6S2/c1-12-6-9-8-2-5-14-10(8)11(3-4-11)7-13-9;3-9(4,5)1-2-10(6,7)8/h2,5,9,12H,3-4,6-7H2,1H3;1-2H2,(H,3,4,5)(H,6,7,8)/t9-;/m0./s1. The number of hydrogen-bond donors (Lipinski definition) is 3. The van der Waals surface area contributed by atoms with Gasteiger partial charge in [0.1, 0.15) is 0 Å². The van der Waals surface area contributed by atoms with Gasteiger partial charge in [-0.3, -0.25) is 9.11 Å². The first-order valence-electron chi connectivity index (χ1n) is 7.31. The monoisotopic (exact) mass is 399 g/mol. The molecular formula is C13H21NO7S3. The first-order valence-corrected chi connectivity index (χ1v) is 11.4. The van der Waals surface area contributed by atoms with Crippen LogP contribution in [0.25, 0.3) is 0 Å². The molecule has 1 saturated carbocycles. The number of hydrogen-bond acceptors (Lipinski definition) is 7. The number of ether oxygens (including phenoxy) is 1. The Labute approximate surface area is 145 Å². The summed E-state index contributed by atoms with van der Waals surface area (Å²) in [5, 5.41) is 5.41. The van der Waals surface area contributed by atoms with Crippen molar-refractivity contribution >= 4 is 31.6 Å². The zero-order valence-corrected chi connectivity index (χ0v) is 15.6. The van der Waals surface area contributed by atoms with Gasteiger partial charge in [-0.2, -0.15) is 16.8 Å². The van der Waals surface area contributed by atoms with Crippen molar-refractivity contribution in [3.05, 3.63) is 21.9 Å². The van der Waals surface area contributed by atoms with Crippen LogP contribution in [0.2, 0.25) is 0 Å². The lowest BCUT2D eigenvalue weighted by Gasteiger charge is -2.29. The van der Waals surface area contributed by atoms with Crippen LogP contribution in [0.4, 0.5) is 0 Å². The molecule has 0 amide bonds. The molecule has 2 heterocycles. The number of thiophene rings is 1. The maximum Gasteiger partial charge on any atom is 0.265 e. The maximum atomic E-state index is 9.86. The fourth-order valence-corrected chi connectivity index (χ4v) is 5.39. The van der Waals surface area contributed by atoms with E-state index in [4.69, 9.17) is 13.8 Å². The molecule has 1 aromatic rings. The highest BCUT2D eigenvalue weighted by atomic mass is 32.2. The Hall–Kier alpha value is -0.560. The summed E-state index contributed by atoms with van der Waals surface area (Å²) < 4.78 is 61.3. The molecule has 1 spiro atoms. The second-order valence-electron chi connectivity index (χ2n) is 5.91. The Morgan fingerprint density at radius 2 is 1.83 bits per heavy atom. The van der Waals surface area contributed by atoms with Crippen LogP contribution in [0, 0.1) is 0 Å². The van der Waals surface area contributed by atoms with Gasteiger partial charge in [0.15, 0.2) is 0 Å². The quantitative estimate of drug-likeness (QED) is 0.621. The van der Waals surface area contributed by atoms with Crippen molar-refractivity contribution in [1.29, 1.82) is 0 Å².